The lowest BCUT2D eigenvalue weighted by molar-refractivity contribution is -0.154. The molecule has 0 aliphatic carbocycles. The normalized spacial score (nSPS) is 11.9. The van der Waals surface area contributed by atoms with E-state index in [1.807, 2.05) is 0 Å². The number of nitrogens with zero attached hydrogens (tertiary/aromatic N) is 4. The Bertz CT molecular complexity index is 1440. The van der Waals surface area contributed by atoms with Gasteiger partial charge in [-0.25, -0.2) is 4.98 Å². The number of halogens is 3. The van der Waals surface area contributed by atoms with Gasteiger partial charge >= 0.3 is 6.18 Å². The molecule has 0 aliphatic heterocycles. The van der Waals surface area contributed by atoms with Crippen LogP contribution in [0.15, 0.2) is 64.6 Å². The molecule has 0 fully saturated rings. The Morgan fingerprint density at radius 1 is 1.18 bits per heavy atom. The molecular weight excluding hydrogens is 447 g/mol. The van der Waals surface area contributed by atoms with Crippen molar-refractivity contribution < 1.29 is 17.9 Å². The van der Waals surface area contributed by atoms with Gasteiger partial charge in [0.1, 0.15) is 0 Å². The van der Waals surface area contributed by atoms with E-state index in [4.69, 9.17) is 10.5 Å². The number of benzene rings is 1. The Morgan fingerprint density at radius 2 is 1.97 bits per heavy atom. The minimum atomic E-state index is -4.52. The molecule has 174 valence electrons. The van der Waals surface area contributed by atoms with Gasteiger partial charge in [-0.2, -0.15) is 13.2 Å². The van der Waals surface area contributed by atoms with Crippen LogP contribution in [0.1, 0.15) is 11.3 Å². The molecule has 0 spiro atoms. The largest absolute Gasteiger partial charge is 0.468 e. The van der Waals surface area contributed by atoms with E-state index in [0.29, 0.717) is 27.9 Å². The lowest BCUT2D eigenvalue weighted by Gasteiger charge is -2.14. The van der Waals surface area contributed by atoms with E-state index >= 15 is 0 Å². The summed E-state index contributed by atoms with van der Waals surface area (Å²) >= 11 is 0. The molecule has 10 heteroatoms. The van der Waals surface area contributed by atoms with Gasteiger partial charge in [-0.15, -0.1) is 0 Å². The summed E-state index contributed by atoms with van der Waals surface area (Å²) in [7, 11) is 1.61. The van der Waals surface area contributed by atoms with Crippen LogP contribution in [0.2, 0.25) is 0 Å². The molecule has 0 atom stereocenters. The molecule has 4 rings (SSSR count). The van der Waals surface area contributed by atoms with Crippen molar-refractivity contribution in [3.63, 3.8) is 0 Å². The molecular formula is C24H20F3N5O2. The van der Waals surface area contributed by atoms with Gasteiger partial charge in [-0.1, -0.05) is 6.07 Å². The molecule has 4 aromatic rings. The predicted octanol–water partition coefficient (Wildman–Crippen LogP) is 4.33. The number of aryl methyl sites for hydroxylation is 1. The topological polar surface area (TPSA) is 95.4 Å². The highest BCUT2D eigenvalue weighted by Gasteiger charge is 2.29. The van der Waals surface area contributed by atoms with Crippen molar-refractivity contribution in [2.24, 2.45) is 4.99 Å². The molecule has 0 saturated carbocycles. The fourth-order valence-electron chi connectivity index (χ4n) is 3.44. The molecule has 0 radical (unpaired) electrons. The summed E-state index contributed by atoms with van der Waals surface area (Å²) in [6.45, 7) is 0.314. The molecule has 3 aromatic heterocycles. The van der Waals surface area contributed by atoms with Crippen LogP contribution in [0, 0.1) is 6.92 Å². The van der Waals surface area contributed by atoms with Crippen molar-refractivity contribution >= 4 is 22.8 Å². The van der Waals surface area contributed by atoms with Crippen molar-refractivity contribution in [2.45, 2.75) is 13.1 Å². The summed E-state index contributed by atoms with van der Waals surface area (Å²) in [6, 6.07) is 11.4. The van der Waals surface area contributed by atoms with E-state index < -0.39 is 18.3 Å². The standard InChI is InChI=1S/C24H20F3N5O2/c1-14-3-4-15(11-30-14)21-22-16(5-8-20(31-22)34-13-24(25,26)27)12-32(23(21)33)18-6-7-19(28)17(9-18)10-29-2/h3-12H,13,28H2,1-2H3. The molecule has 0 unspecified atom stereocenters. The smallest absolute Gasteiger partial charge is 0.422 e. The maximum atomic E-state index is 13.7. The zero-order valence-electron chi connectivity index (χ0n) is 18.3. The second kappa shape index (κ2) is 8.97. The van der Waals surface area contributed by atoms with E-state index in [0.717, 1.165) is 5.69 Å². The van der Waals surface area contributed by atoms with Crippen LogP contribution in [0.4, 0.5) is 18.9 Å². The third-order valence-corrected chi connectivity index (χ3v) is 5.04. The van der Waals surface area contributed by atoms with Gasteiger partial charge in [0.2, 0.25) is 5.88 Å². The number of alkyl halides is 3. The maximum absolute atomic E-state index is 13.7. The molecule has 0 bridgehead atoms. The second-order valence-corrected chi connectivity index (χ2v) is 7.56. The zero-order valence-corrected chi connectivity index (χ0v) is 18.3. The molecule has 0 aliphatic rings. The van der Waals surface area contributed by atoms with Crippen LogP contribution in [0.5, 0.6) is 5.88 Å². The summed E-state index contributed by atoms with van der Waals surface area (Å²) in [5.74, 6) is -0.239. The highest BCUT2D eigenvalue weighted by atomic mass is 19.4. The van der Waals surface area contributed by atoms with Crippen molar-refractivity contribution in [3.05, 3.63) is 76.5 Å². The number of anilines is 1. The van der Waals surface area contributed by atoms with Crippen LogP contribution in [0.3, 0.4) is 0 Å². The SMILES string of the molecule is CN=Cc1cc(-n2cc3ccc(OCC(F)(F)F)nc3c(-c3ccc(C)nc3)c2=O)ccc1N. The van der Waals surface area contributed by atoms with Gasteiger partial charge in [-0.05, 0) is 37.3 Å². The van der Waals surface area contributed by atoms with E-state index in [2.05, 4.69) is 15.0 Å². The van der Waals surface area contributed by atoms with Gasteiger partial charge in [-0.3, -0.25) is 19.3 Å². The number of ether oxygens (including phenoxy) is 1. The summed E-state index contributed by atoms with van der Waals surface area (Å²) in [6.07, 6.45) is 0.167. The third kappa shape index (κ3) is 4.75. The van der Waals surface area contributed by atoms with Crippen molar-refractivity contribution in [3.8, 4) is 22.7 Å². The Balaban J connectivity index is 1.96. The lowest BCUT2D eigenvalue weighted by atomic mass is 10.0. The lowest BCUT2D eigenvalue weighted by Crippen LogP contribution is -2.21. The Hall–Kier alpha value is -4.21. The number of hydrogen-bond donors (Lipinski definition) is 1. The first-order valence-electron chi connectivity index (χ1n) is 10.2. The van der Waals surface area contributed by atoms with Crippen LogP contribution >= 0.6 is 0 Å². The van der Waals surface area contributed by atoms with Crippen molar-refractivity contribution in [1.82, 2.24) is 14.5 Å². The summed E-state index contributed by atoms with van der Waals surface area (Å²) in [5.41, 5.74) is 8.86. The van der Waals surface area contributed by atoms with E-state index in [-0.39, 0.29) is 17.0 Å². The summed E-state index contributed by atoms with van der Waals surface area (Å²) in [4.78, 5) is 26.1. The van der Waals surface area contributed by atoms with Crippen LogP contribution in [-0.2, 0) is 0 Å². The first-order chi connectivity index (χ1) is 16.2. The van der Waals surface area contributed by atoms with Gasteiger partial charge in [0.15, 0.2) is 6.61 Å². The number of nitrogen functional groups attached to an aromatic ring is 1. The highest BCUT2D eigenvalue weighted by molar-refractivity contribution is 5.93. The number of rotatable bonds is 5. The summed E-state index contributed by atoms with van der Waals surface area (Å²) in [5, 5.41) is 0.525. The Kier molecular flexibility index (Phi) is 6.06. The monoisotopic (exact) mass is 467 g/mol. The highest BCUT2D eigenvalue weighted by Crippen LogP contribution is 2.28. The van der Waals surface area contributed by atoms with Crippen molar-refractivity contribution in [2.75, 3.05) is 19.4 Å². The second-order valence-electron chi connectivity index (χ2n) is 7.56. The van der Waals surface area contributed by atoms with Crippen LogP contribution in [0.25, 0.3) is 27.7 Å². The van der Waals surface area contributed by atoms with Gasteiger partial charge in [0, 0.05) is 65.3 Å². The van der Waals surface area contributed by atoms with E-state index in [9.17, 15) is 18.0 Å². The number of nitrogens with two attached hydrogens (primary N) is 1. The first kappa shape index (κ1) is 23.0. The third-order valence-electron chi connectivity index (χ3n) is 5.04. The summed E-state index contributed by atoms with van der Waals surface area (Å²) < 4.78 is 44.1. The molecule has 7 nitrogen and oxygen atoms in total. The first-order valence-corrected chi connectivity index (χ1v) is 10.2. The molecule has 0 saturated heterocycles. The number of fused-ring (bicyclic) bond motifs is 1. The number of aromatic nitrogens is 3. The predicted molar refractivity (Wildman–Crippen MR) is 125 cm³/mol. The average Bonchev–Trinajstić information content (AvgIpc) is 2.79. The van der Waals surface area contributed by atoms with Gasteiger partial charge in [0.05, 0.1) is 11.1 Å². The minimum Gasteiger partial charge on any atom is -0.468 e. The van der Waals surface area contributed by atoms with Crippen LogP contribution in [-0.4, -0.2) is 40.6 Å². The Morgan fingerprint density at radius 3 is 2.65 bits per heavy atom. The fraction of sp³-hybridized carbons (Fsp3) is 0.167. The molecule has 2 N–H and O–H groups in total. The average molecular weight is 467 g/mol. The molecule has 0 amide bonds. The van der Waals surface area contributed by atoms with E-state index in [1.165, 1.54) is 16.8 Å². The molecule has 1 aromatic carbocycles. The fourth-order valence-corrected chi connectivity index (χ4v) is 3.44. The van der Waals surface area contributed by atoms with Crippen LogP contribution < -0.4 is 16.0 Å². The number of aliphatic imine (C=N–C) groups is 1. The maximum Gasteiger partial charge on any atom is 0.422 e. The van der Waals surface area contributed by atoms with Crippen molar-refractivity contribution in [1.29, 1.82) is 0 Å². The molecule has 34 heavy (non-hydrogen) atoms. The number of pyridine rings is 3. The zero-order chi connectivity index (χ0) is 24.5. The van der Waals surface area contributed by atoms with Gasteiger partial charge in [0.25, 0.3) is 5.56 Å². The minimum absolute atomic E-state index is 0.185. The quantitative estimate of drug-likeness (QED) is 0.348. The van der Waals surface area contributed by atoms with E-state index in [1.54, 1.807) is 62.8 Å². The van der Waals surface area contributed by atoms with Gasteiger partial charge < -0.3 is 10.5 Å². The number of hydrogen-bond acceptors (Lipinski definition) is 6. The molecule has 3 heterocycles. The Labute approximate surface area is 192 Å².